The van der Waals surface area contributed by atoms with Crippen molar-refractivity contribution in [3.05, 3.63) is 0 Å². The maximum atomic E-state index is 12.2. The number of carbonyl (C=O) groups is 1. The first-order chi connectivity index (χ1) is 8.72. The maximum absolute atomic E-state index is 12.2. The molecule has 3 nitrogen and oxygen atoms in total. The Hall–Kier alpha value is -0.570. The summed E-state index contributed by atoms with van der Waals surface area (Å²) in [6.45, 7) is 5.82. The number of nitrogens with one attached hydrogen (secondary N) is 1. The summed E-state index contributed by atoms with van der Waals surface area (Å²) in [5.41, 5.74) is 0. The highest BCUT2D eigenvalue weighted by Crippen LogP contribution is 2.27. The van der Waals surface area contributed by atoms with Gasteiger partial charge in [0, 0.05) is 18.6 Å². The van der Waals surface area contributed by atoms with Crippen molar-refractivity contribution in [2.24, 2.45) is 5.92 Å². The predicted molar refractivity (Wildman–Crippen MR) is 74.4 cm³/mol. The summed E-state index contributed by atoms with van der Waals surface area (Å²) in [4.78, 5) is 14.2. The van der Waals surface area contributed by atoms with E-state index in [0.29, 0.717) is 24.5 Å². The van der Waals surface area contributed by atoms with E-state index in [4.69, 9.17) is 0 Å². The van der Waals surface area contributed by atoms with Gasteiger partial charge < -0.3 is 10.2 Å². The van der Waals surface area contributed by atoms with Crippen molar-refractivity contribution in [1.82, 2.24) is 10.2 Å². The molecule has 0 saturated heterocycles. The highest BCUT2D eigenvalue weighted by molar-refractivity contribution is 5.78. The van der Waals surface area contributed by atoms with Crippen LogP contribution in [0, 0.1) is 5.92 Å². The van der Waals surface area contributed by atoms with Crippen LogP contribution in [0.25, 0.3) is 0 Å². The summed E-state index contributed by atoms with van der Waals surface area (Å²) in [5, 5.41) is 3.52. The van der Waals surface area contributed by atoms with Crippen molar-refractivity contribution in [3.63, 3.8) is 0 Å². The first-order valence-corrected chi connectivity index (χ1v) is 7.75. The summed E-state index contributed by atoms with van der Waals surface area (Å²) in [6.07, 6.45) is 9.00. The van der Waals surface area contributed by atoms with Gasteiger partial charge in [-0.3, -0.25) is 4.79 Å². The minimum absolute atomic E-state index is 0.302. The molecule has 2 atom stereocenters. The van der Waals surface area contributed by atoms with Gasteiger partial charge in [-0.05, 0) is 38.5 Å². The van der Waals surface area contributed by atoms with Gasteiger partial charge in [-0.25, -0.2) is 0 Å². The molecule has 0 aliphatic heterocycles. The van der Waals surface area contributed by atoms with Crippen LogP contribution in [0.5, 0.6) is 0 Å². The van der Waals surface area contributed by atoms with Crippen LogP contribution in [0.4, 0.5) is 0 Å². The first-order valence-electron chi connectivity index (χ1n) is 7.75. The van der Waals surface area contributed by atoms with E-state index in [9.17, 15) is 4.79 Å². The summed E-state index contributed by atoms with van der Waals surface area (Å²) < 4.78 is 0. The number of nitrogens with zero attached hydrogens (tertiary/aromatic N) is 1. The zero-order valence-corrected chi connectivity index (χ0v) is 12.0. The van der Waals surface area contributed by atoms with Gasteiger partial charge in [-0.15, -0.1) is 0 Å². The van der Waals surface area contributed by atoms with E-state index in [-0.39, 0.29) is 0 Å². The van der Waals surface area contributed by atoms with Gasteiger partial charge in [0.25, 0.3) is 0 Å². The number of amides is 1. The third-order valence-corrected chi connectivity index (χ3v) is 4.53. The molecule has 0 radical (unpaired) electrons. The molecule has 3 heteroatoms. The van der Waals surface area contributed by atoms with Crippen LogP contribution >= 0.6 is 0 Å². The van der Waals surface area contributed by atoms with E-state index < -0.39 is 0 Å². The molecule has 1 amide bonds. The molecule has 18 heavy (non-hydrogen) atoms. The summed E-state index contributed by atoms with van der Waals surface area (Å²) in [5.74, 6) is 1.02. The highest BCUT2D eigenvalue weighted by atomic mass is 16.2. The molecular weight excluding hydrogens is 224 g/mol. The van der Waals surface area contributed by atoms with Gasteiger partial charge in [-0.2, -0.15) is 0 Å². The molecular formula is C15H28N2O. The van der Waals surface area contributed by atoms with Gasteiger partial charge >= 0.3 is 0 Å². The van der Waals surface area contributed by atoms with Crippen LogP contribution in [0.1, 0.15) is 58.8 Å². The number of carbonyl (C=O) groups excluding carboxylic acids is 1. The Balaban J connectivity index is 1.76. The lowest BCUT2D eigenvalue weighted by atomic mass is 9.97. The first kappa shape index (κ1) is 13.9. The lowest BCUT2D eigenvalue weighted by molar-refractivity contribution is -0.130. The molecule has 1 N–H and O–H groups in total. The standard InChI is InChI=1S/C15H28N2O/c1-3-17(13-9-10-13)15(18)11-16-14-8-6-4-5-7-12(14)2/h12-14,16H,3-11H2,1-2H3. The molecule has 2 aliphatic rings. The van der Waals surface area contributed by atoms with Crippen molar-refractivity contribution >= 4 is 5.91 Å². The Morgan fingerprint density at radius 2 is 1.89 bits per heavy atom. The van der Waals surface area contributed by atoms with E-state index in [1.807, 2.05) is 4.90 Å². The van der Waals surface area contributed by atoms with Crippen LogP contribution in [0.2, 0.25) is 0 Å². The summed E-state index contributed by atoms with van der Waals surface area (Å²) in [6, 6.07) is 1.10. The predicted octanol–water partition coefficient (Wildman–Crippen LogP) is 2.56. The number of likely N-dealkylation sites (N-methyl/N-ethyl adjacent to an activating group) is 1. The number of hydrogen-bond acceptors (Lipinski definition) is 2. The highest BCUT2D eigenvalue weighted by Gasteiger charge is 2.31. The minimum atomic E-state index is 0.302. The Kier molecular flexibility index (Phi) is 5.04. The fraction of sp³-hybridized carbons (Fsp3) is 0.933. The van der Waals surface area contributed by atoms with Gasteiger partial charge in [0.05, 0.1) is 6.54 Å². The molecule has 2 aliphatic carbocycles. The second-order valence-electron chi connectivity index (χ2n) is 6.01. The zero-order valence-electron chi connectivity index (χ0n) is 12.0. The van der Waals surface area contributed by atoms with Crippen LogP contribution in [-0.2, 0) is 4.79 Å². The molecule has 0 aromatic rings. The van der Waals surface area contributed by atoms with Crippen molar-refractivity contribution in [3.8, 4) is 0 Å². The Labute approximate surface area is 111 Å². The Morgan fingerprint density at radius 1 is 1.17 bits per heavy atom. The van der Waals surface area contributed by atoms with Crippen molar-refractivity contribution < 1.29 is 4.79 Å². The summed E-state index contributed by atoms with van der Waals surface area (Å²) >= 11 is 0. The van der Waals surface area contributed by atoms with E-state index >= 15 is 0 Å². The van der Waals surface area contributed by atoms with Gasteiger partial charge in [0.2, 0.25) is 5.91 Å². The van der Waals surface area contributed by atoms with Gasteiger partial charge in [-0.1, -0.05) is 26.2 Å². The number of hydrogen-bond donors (Lipinski definition) is 1. The molecule has 0 aromatic carbocycles. The molecule has 2 rings (SSSR count). The quantitative estimate of drug-likeness (QED) is 0.763. The lowest BCUT2D eigenvalue weighted by Crippen LogP contribution is -2.44. The van der Waals surface area contributed by atoms with E-state index in [0.717, 1.165) is 12.5 Å². The fourth-order valence-corrected chi connectivity index (χ4v) is 3.14. The third kappa shape index (κ3) is 3.71. The molecule has 0 bridgehead atoms. The monoisotopic (exact) mass is 252 g/mol. The fourth-order valence-electron chi connectivity index (χ4n) is 3.14. The van der Waals surface area contributed by atoms with Crippen molar-refractivity contribution in [2.75, 3.05) is 13.1 Å². The number of rotatable bonds is 5. The maximum Gasteiger partial charge on any atom is 0.236 e. The van der Waals surface area contributed by atoms with Crippen molar-refractivity contribution in [2.45, 2.75) is 70.9 Å². The Bertz CT molecular complexity index is 276. The Morgan fingerprint density at radius 3 is 2.56 bits per heavy atom. The topological polar surface area (TPSA) is 32.3 Å². The molecule has 0 heterocycles. The molecule has 2 saturated carbocycles. The van der Waals surface area contributed by atoms with E-state index in [1.54, 1.807) is 0 Å². The van der Waals surface area contributed by atoms with Gasteiger partial charge in [0.1, 0.15) is 0 Å². The van der Waals surface area contributed by atoms with E-state index in [1.165, 1.54) is 44.9 Å². The third-order valence-electron chi connectivity index (χ3n) is 4.53. The normalized spacial score (nSPS) is 28.8. The largest absolute Gasteiger partial charge is 0.339 e. The lowest BCUT2D eigenvalue weighted by Gasteiger charge is -2.25. The second kappa shape index (κ2) is 6.55. The molecule has 104 valence electrons. The SMILES string of the molecule is CCN(C(=O)CNC1CCCCCC1C)C1CC1. The van der Waals surface area contributed by atoms with Crippen LogP contribution in [0.3, 0.4) is 0 Å². The average Bonchev–Trinajstić information content (AvgIpc) is 3.17. The van der Waals surface area contributed by atoms with Gasteiger partial charge in [0.15, 0.2) is 0 Å². The van der Waals surface area contributed by atoms with Crippen LogP contribution in [0.15, 0.2) is 0 Å². The molecule has 0 spiro atoms. The van der Waals surface area contributed by atoms with Crippen LogP contribution < -0.4 is 5.32 Å². The molecule has 2 fully saturated rings. The zero-order chi connectivity index (χ0) is 13.0. The molecule has 2 unspecified atom stereocenters. The minimum Gasteiger partial charge on any atom is -0.339 e. The van der Waals surface area contributed by atoms with E-state index in [2.05, 4.69) is 19.2 Å². The average molecular weight is 252 g/mol. The van der Waals surface area contributed by atoms with Crippen LogP contribution in [-0.4, -0.2) is 36.0 Å². The smallest absolute Gasteiger partial charge is 0.236 e. The van der Waals surface area contributed by atoms with Crippen molar-refractivity contribution in [1.29, 1.82) is 0 Å². The summed E-state index contributed by atoms with van der Waals surface area (Å²) in [7, 11) is 0. The molecule has 0 aromatic heterocycles. The second-order valence-corrected chi connectivity index (χ2v) is 6.01.